The summed E-state index contributed by atoms with van der Waals surface area (Å²) in [6.07, 6.45) is 2.94. The summed E-state index contributed by atoms with van der Waals surface area (Å²) in [5, 5.41) is 12.5. The summed E-state index contributed by atoms with van der Waals surface area (Å²) in [4.78, 5) is 27.3. The van der Waals surface area contributed by atoms with E-state index in [1.54, 1.807) is 24.3 Å². The van der Waals surface area contributed by atoms with Crippen LogP contribution in [0.2, 0.25) is 10.0 Å². The number of nitrogens with one attached hydrogen (secondary N) is 1. The number of amides is 1. The number of anilines is 1. The third kappa shape index (κ3) is 4.45. The molecule has 2 atom stereocenters. The van der Waals surface area contributed by atoms with Gasteiger partial charge in [-0.05, 0) is 49.6 Å². The molecule has 1 amide bonds. The van der Waals surface area contributed by atoms with Crippen LogP contribution in [0.3, 0.4) is 0 Å². The number of ether oxygens (including phenoxy) is 1. The van der Waals surface area contributed by atoms with Crippen molar-refractivity contribution in [3.8, 4) is 11.6 Å². The Morgan fingerprint density at radius 2 is 1.85 bits per heavy atom. The fraction of sp³-hybridized carbons (Fsp3) is 0.278. The molecule has 0 bridgehead atoms. The average molecular weight is 395 g/mol. The highest BCUT2D eigenvalue weighted by Crippen LogP contribution is 2.32. The zero-order valence-corrected chi connectivity index (χ0v) is 15.1. The minimum atomic E-state index is -0.837. The molecular weight excluding hydrogens is 379 g/mol. The molecule has 0 radical (unpaired) electrons. The Bertz CT molecular complexity index is 826. The van der Waals surface area contributed by atoms with Crippen LogP contribution in [-0.2, 0) is 9.59 Å². The van der Waals surface area contributed by atoms with Crippen LogP contribution in [0.15, 0.2) is 36.5 Å². The Hall–Kier alpha value is -2.31. The Balaban J connectivity index is 1.59. The molecule has 0 saturated heterocycles. The molecule has 1 saturated carbocycles. The van der Waals surface area contributed by atoms with Gasteiger partial charge in [0.2, 0.25) is 11.8 Å². The number of benzene rings is 1. The van der Waals surface area contributed by atoms with E-state index in [0.29, 0.717) is 40.7 Å². The van der Waals surface area contributed by atoms with E-state index in [-0.39, 0.29) is 17.7 Å². The molecule has 1 fully saturated rings. The highest BCUT2D eigenvalue weighted by Gasteiger charge is 2.33. The summed E-state index contributed by atoms with van der Waals surface area (Å²) < 4.78 is 5.58. The Morgan fingerprint density at radius 1 is 1.15 bits per heavy atom. The van der Waals surface area contributed by atoms with E-state index < -0.39 is 11.9 Å². The molecule has 26 heavy (non-hydrogen) atoms. The standard InChI is InChI=1S/C18H16Cl2N2O4/c19-12-8-15(20)17(21-9-12)26-14-5-3-13(4-6-14)22-16(23)10-1-2-11(7-10)18(24)25/h3-6,8-11H,1-2,7H2,(H,22,23)(H,24,25)/t10-,11+/m0/s1. The molecule has 3 rings (SSSR count). The van der Waals surface area contributed by atoms with Gasteiger partial charge in [0.05, 0.1) is 10.9 Å². The summed E-state index contributed by atoms with van der Waals surface area (Å²) in [5.41, 5.74) is 0.608. The molecule has 1 aliphatic rings. The predicted octanol–water partition coefficient (Wildman–Crippen LogP) is 4.62. The molecule has 1 aromatic carbocycles. The second-order valence-corrected chi connectivity index (χ2v) is 6.94. The third-order valence-electron chi connectivity index (χ3n) is 4.26. The van der Waals surface area contributed by atoms with Crippen LogP contribution in [0.25, 0.3) is 0 Å². The number of aromatic nitrogens is 1. The van der Waals surface area contributed by atoms with Gasteiger partial charge in [-0.3, -0.25) is 9.59 Å². The lowest BCUT2D eigenvalue weighted by molar-refractivity contribution is -0.141. The van der Waals surface area contributed by atoms with Gasteiger partial charge in [0.15, 0.2) is 0 Å². The zero-order chi connectivity index (χ0) is 18.7. The molecule has 0 spiro atoms. The monoisotopic (exact) mass is 394 g/mol. The molecule has 8 heteroatoms. The number of carboxylic acid groups (broad SMARTS) is 1. The molecule has 136 valence electrons. The number of carbonyl (C=O) groups excluding carboxylic acids is 1. The quantitative estimate of drug-likeness (QED) is 0.771. The molecule has 1 heterocycles. The molecule has 0 aliphatic heterocycles. The molecule has 1 aliphatic carbocycles. The highest BCUT2D eigenvalue weighted by molar-refractivity contribution is 6.35. The number of carbonyl (C=O) groups is 2. The van der Waals surface area contributed by atoms with Gasteiger partial charge in [-0.1, -0.05) is 23.2 Å². The van der Waals surface area contributed by atoms with Crippen molar-refractivity contribution in [3.05, 3.63) is 46.6 Å². The molecule has 1 aromatic heterocycles. The van der Waals surface area contributed by atoms with Crippen LogP contribution < -0.4 is 10.1 Å². The second kappa shape index (κ2) is 7.93. The summed E-state index contributed by atoms with van der Waals surface area (Å²) in [6, 6.07) is 8.28. The summed E-state index contributed by atoms with van der Waals surface area (Å²) in [5.74, 6) is -0.964. The summed E-state index contributed by atoms with van der Waals surface area (Å²) in [7, 11) is 0. The van der Waals surface area contributed by atoms with Gasteiger partial charge in [0.1, 0.15) is 10.8 Å². The van der Waals surface area contributed by atoms with Crippen molar-refractivity contribution in [2.45, 2.75) is 19.3 Å². The minimum absolute atomic E-state index is 0.162. The third-order valence-corrected chi connectivity index (χ3v) is 4.74. The van der Waals surface area contributed by atoms with E-state index in [1.165, 1.54) is 12.3 Å². The van der Waals surface area contributed by atoms with Gasteiger partial charge >= 0.3 is 5.97 Å². The largest absolute Gasteiger partial charge is 0.481 e. The number of halogens is 2. The Kier molecular flexibility index (Phi) is 5.64. The van der Waals surface area contributed by atoms with Gasteiger partial charge in [-0.25, -0.2) is 4.98 Å². The van der Waals surface area contributed by atoms with Gasteiger partial charge in [0, 0.05) is 17.8 Å². The molecule has 0 unspecified atom stereocenters. The number of carboxylic acids is 1. The summed E-state index contributed by atoms with van der Waals surface area (Å²) >= 11 is 11.8. The van der Waals surface area contributed by atoms with Crippen molar-refractivity contribution in [1.29, 1.82) is 0 Å². The maximum absolute atomic E-state index is 12.3. The second-order valence-electron chi connectivity index (χ2n) is 6.10. The number of nitrogens with zero attached hydrogens (tertiary/aromatic N) is 1. The zero-order valence-electron chi connectivity index (χ0n) is 13.6. The summed E-state index contributed by atoms with van der Waals surface area (Å²) in [6.45, 7) is 0. The number of rotatable bonds is 5. The van der Waals surface area contributed by atoms with Crippen LogP contribution in [0.1, 0.15) is 19.3 Å². The van der Waals surface area contributed by atoms with Gasteiger partial charge in [-0.15, -0.1) is 0 Å². The van der Waals surface area contributed by atoms with Crippen molar-refractivity contribution in [2.24, 2.45) is 11.8 Å². The number of aliphatic carboxylic acids is 1. The van der Waals surface area contributed by atoms with E-state index in [1.807, 2.05) is 0 Å². The first kappa shape index (κ1) is 18.5. The topological polar surface area (TPSA) is 88.5 Å². The first-order valence-electron chi connectivity index (χ1n) is 8.05. The maximum Gasteiger partial charge on any atom is 0.306 e. The van der Waals surface area contributed by atoms with Gasteiger partial charge < -0.3 is 15.2 Å². The van der Waals surface area contributed by atoms with Gasteiger partial charge in [0.25, 0.3) is 0 Å². The molecule has 2 N–H and O–H groups in total. The average Bonchev–Trinajstić information content (AvgIpc) is 3.09. The molecular formula is C18H16Cl2N2O4. The number of hydrogen-bond acceptors (Lipinski definition) is 4. The smallest absolute Gasteiger partial charge is 0.306 e. The fourth-order valence-electron chi connectivity index (χ4n) is 2.88. The first-order chi connectivity index (χ1) is 12.4. The lowest BCUT2D eigenvalue weighted by atomic mass is 10.0. The van der Waals surface area contributed by atoms with Crippen molar-refractivity contribution in [3.63, 3.8) is 0 Å². The van der Waals surface area contributed by atoms with Gasteiger partial charge in [-0.2, -0.15) is 0 Å². The molecule has 2 aromatic rings. The number of pyridine rings is 1. The number of hydrogen-bond donors (Lipinski definition) is 2. The van der Waals surface area contributed by atoms with Crippen LogP contribution >= 0.6 is 23.2 Å². The lowest BCUT2D eigenvalue weighted by Crippen LogP contribution is -2.21. The minimum Gasteiger partial charge on any atom is -0.481 e. The van der Waals surface area contributed by atoms with Crippen LogP contribution in [0.5, 0.6) is 11.6 Å². The SMILES string of the molecule is O=C(O)[C@@H]1CC[C@H](C(=O)Nc2ccc(Oc3ncc(Cl)cc3Cl)cc2)C1. The van der Waals surface area contributed by atoms with E-state index >= 15 is 0 Å². The van der Waals surface area contributed by atoms with Crippen molar-refractivity contribution in [1.82, 2.24) is 4.98 Å². The predicted molar refractivity (Wildman–Crippen MR) is 97.9 cm³/mol. The first-order valence-corrected chi connectivity index (χ1v) is 8.80. The lowest BCUT2D eigenvalue weighted by Gasteiger charge is -2.12. The Morgan fingerprint density at radius 3 is 2.46 bits per heavy atom. The maximum atomic E-state index is 12.3. The van der Waals surface area contributed by atoms with E-state index in [2.05, 4.69) is 10.3 Å². The fourth-order valence-corrected chi connectivity index (χ4v) is 3.30. The normalized spacial score (nSPS) is 19.2. The van der Waals surface area contributed by atoms with Crippen molar-refractivity contribution in [2.75, 3.05) is 5.32 Å². The van der Waals surface area contributed by atoms with Crippen LogP contribution in [-0.4, -0.2) is 22.0 Å². The van der Waals surface area contributed by atoms with Crippen LogP contribution in [0, 0.1) is 11.8 Å². The van der Waals surface area contributed by atoms with E-state index in [4.69, 9.17) is 33.0 Å². The van der Waals surface area contributed by atoms with Crippen molar-refractivity contribution < 1.29 is 19.4 Å². The highest BCUT2D eigenvalue weighted by atomic mass is 35.5. The van der Waals surface area contributed by atoms with Crippen molar-refractivity contribution >= 4 is 40.8 Å². The van der Waals surface area contributed by atoms with E-state index in [9.17, 15) is 9.59 Å². The Labute approximate surface area is 160 Å². The van der Waals surface area contributed by atoms with Crippen LogP contribution in [0.4, 0.5) is 5.69 Å². The molecule has 6 nitrogen and oxygen atoms in total. The van der Waals surface area contributed by atoms with E-state index in [0.717, 1.165) is 0 Å².